The Kier molecular flexibility index (Phi) is 3.99. The molecule has 1 fully saturated rings. The van der Waals surface area contributed by atoms with Crippen LogP contribution >= 0.6 is 0 Å². The number of rotatable bonds is 3. The van der Waals surface area contributed by atoms with Crippen molar-refractivity contribution in [1.82, 2.24) is 4.31 Å². The molecule has 0 bridgehead atoms. The molecule has 1 aliphatic rings. The summed E-state index contributed by atoms with van der Waals surface area (Å²) in [4.78, 5) is 0.468. The fourth-order valence-corrected chi connectivity index (χ4v) is 4.85. The lowest BCUT2D eigenvalue weighted by atomic mass is 10.1. The molecule has 1 saturated heterocycles. The molecule has 1 atom stereocenters. The van der Waals surface area contributed by atoms with Crippen LogP contribution in [0, 0.1) is 26.7 Å². The first kappa shape index (κ1) is 14.5. The van der Waals surface area contributed by atoms with Crippen molar-refractivity contribution in [3.8, 4) is 0 Å². The molecule has 0 saturated carbocycles. The van der Waals surface area contributed by atoms with Crippen molar-refractivity contribution in [3.63, 3.8) is 0 Å². The van der Waals surface area contributed by atoms with Crippen molar-refractivity contribution in [2.45, 2.75) is 32.1 Å². The second-order valence-corrected chi connectivity index (χ2v) is 7.36. The summed E-state index contributed by atoms with van der Waals surface area (Å²) in [5.41, 5.74) is 8.38. The van der Waals surface area contributed by atoms with Crippen LogP contribution in [0.25, 0.3) is 0 Å². The van der Waals surface area contributed by atoms with Crippen LogP contribution in [-0.4, -0.2) is 32.4 Å². The molecule has 1 aromatic rings. The third-order valence-corrected chi connectivity index (χ3v) is 5.96. The fourth-order valence-electron chi connectivity index (χ4n) is 2.91. The quantitative estimate of drug-likeness (QED) is 0.915. The van der Waals surface area contributed by atoms with E-state index in [-0.39, 0.29) is 0 Å². The van der Waals surface area contributed by atoms with E-state index in [9.17, 15) is 8.42 Å². The third-order valence-electron chi connectivity index (χ3n) is 3.78. The lowest BCUT2D eigenvalue weighted by Gasteiger charge is -2.20. The van der Waals surface area contributed by atoms with Gasteiger partial charge in [-0.15, -0.1) is 0 Å². The molecule has 1 heterocycles. The van der Waals surface area contributed by atoms with Gasteiger partial charge in [0, 0.05) is 13.1 Å². The maximum Gasteiger partial charge on any atom is 0.243 e. The summed E-state index contributed by atoms with van der Waals surface area (Å²) in [5.74, 6) is 0.292. The molecule has 2 rings (SSSR count). The van der Waals surface area contributed by atoms with E-state index < -0.39 is 10.0 Å². The molecular formula is C14H22N2O2S. The van der Waals surface area contributed by atoms with E-state index >= 15 is 0 Å². The first-order chi connectivity index (χ1) is 8.86. The highest BCUT2D eigenvalue weighted by atomic mass is 32.2. The van der Waals surface area contributed by atoms with Gasteiger partial charge in [-0.3, -0.25) is 0 Å². The van der Waals surface area contributed by atoms with Crippen LogP contribution < -0.4 is 5.73 Å². The van der Waals surface area contributed by atoms with Gasteiger partial charge in [-0.05, 0) is 50.8 Å². The van der Waals surface area contributed by atoms with E-state index in [4.69, 9.17) is 5.73 Å². The van der Waals surface area contributed by atoms with Gasteiger partial charge < -0.3 is 5.73 Å². The first-order valence-corrected chi connectivity index (χ1v) is 8.08. The summed E-state index contributed by atoms with van der Waals surface area (Å²) >= 11 is 0. The molecule has 0 amide bonds. The zero-order valence-corrected chi connectivity index (χ0v) is 12.6. The van der Waals surface area contributed by atoms with Gasteiger partial charge in [0.25, 0.3) is 0 Å². The van der Waals surface area contributed by atoms with Crippen molar-refractivity contribution in [2.24, 2.45) is 11.7 Å². The fraction of sp³-hybridized carbons (Fsp3) is 0.571. The van der Waals surface area contributed by atoms with Crippen molar-refractivity contribution >= 4 is 10.0 Å². The van der Waals surface area contributed by atoms with E-state index in [1.54, 1.807) is 4.31 Å². The summed E-state index contributed by atoms with van der Waals surface area (Å²) in [6.07, 6.45) is 0.861. The van der Waals surface area contributed by atoms with Gasteiger partial charge in [-0.1, -0.05) is 17.7 Å². The summed E-state index contributed by atoms with van der Waals surface area (Å²) < 4.78 is 27.0. The Bertz CT molecular complexity index is 558. The van der Waals surface area contributed by atoms with E-state index in [2.05, 4.69) is 0 Å². The van der Waals surface area contributed by atoms with Gasteiger partial charge in [0.1, 0.15) is 0 Å². The number of nitrogens with two attached hydrogens (primary N) is 1. The molecule has 4 nitrogen and oxygen atoms in total. The SMILES string of the molecule is Cc1cc(C)c(S(=O)(=O)N2CCC(CN)C2)c(C)c1. The maximum absolute atomic E-state index is 12.7. The molecular weight excluding hydrogens is 260 g/mol. The summed E-state index contributed by atoms with van der Waals surface area (Å²) in [6, 6.07) is 3.85. The Labute approximate surface area is 115 Å². The topological polar surface area (TPSA) is 63.4 Å². The monoisotopic (exact) mass is 282 g/mol. The molecule has 0 aromatic heterocycles. The Morgan fingerprint density at radius 1 is 1.26 bits per heavy atom. The van der Waals surface area contributed by atoms with Crippen LogP contribution in [0.2, 0.25) is 0 Å². The predicted molar refractivity (Wildman–Crippen MR) is 76.6 cm³/mol. The Morgan fingerprint density at radius 2 is 1.84 bits per heavy atom. The molecule has 5 heteroatoms. The van der Waals surface area contributed by atoms with Crippen LogP contribution in [0.4, 0.5) is 0 Å². The number of nitrogens with zero attached hydrogens (tertiary/aromatic N) is 1. The standard InChI is InChI=1S/C14H22N2O2S/c1-10-6-11(2)14(12(3)7-10)19(17,18)16-5-4-13(8-15)9-16/h6-7,13H,4-5,8-9,15H2,1-3H3. The van der Waals surface area contributed by atoms with Crippen LogP contribution in [-0.2, 0) is 10.0 Å². The van der Waals surface area contributed by atoms with Gasteiger partial charge >= 0.3 is 0 Å². The number of hydrogen-bond acceptors (Lipinski definition) is 3. The average molecular weight is 282 g/mol. The minimum absolute atomic E-state index is 0.292. The molecule has 1 unspecified atom stereocenters. The van der Waals surface area contributed by atoms with E-state index in [0.29, 0.717) is 30.4 Å². The predicted octanol–water partition coefficient (Wildman–Crippen LogP) is 1.58. The van der Waals surface area contributed by atoms with Crippen LogP contribution in [0.15, 0.2) is 17.0 Å². The molecule has 0 radical (unpaired) electrons. The number of sulfonamides is 1. The summed E-state index contributed by atoms with van der Waals surface area (Å²) in [7, 11) is -3.38. The Morgan fingerprint density at radius 3 is 2.32 bits per heavy atom. The molecule has 0 aliphatic carbocycles. The second kappa shape index (κ2) is 5.23. The smallest absolute Gasteiger partial charge is 0.243 e. The molecule has 0 spiro atoms. The van der Waals surface area contributed by atoms with E-state index in [1.807, 2.05) is 32.9 Å². The third kappa shape index (κ3) is 2.68. The van der Waals surface area contributed by atoms with E-state index in [0.717, 1.165) is 23.1 Å². The highest BCUT2D eigenvalue weighted by Crippen LogP contribution is 2.28. The number of aryl methyl sites for hydroxylation is 3. The van der Waals surface area contributed by atoms with Crippen molar-refractivity contribution in [2.75, 3.05) is 19.6 Å². The second-order valence-electron chi connectivity index (χ2n) is 5.48. The Hall–Kier alpha value is -0.910. The highest BCUT2D eigenvalue weighted by Gasteiger charge is 2.33. The summed E-state index contributed by atoms with van der Waals surface area (Å²) in [6.45, 7) is 7.39. The number of hydrogen-bond donors (Lipinski definition) is 1. The molecule has 1 aromatic carbocycles. The maximum atomic E-state index is 12.7. The molecule has 19 heavy (non-hydrogen) atoms. The minimum atomic E-state index is -3.38. The zero-order valence-electron chi connectivity index (χ0n) is 11.8. The average Bonchev–Trinajstić information content (AvgIpc) is 2.75. The van der Waals surface area contributed by atoms with Crippen molar-refractivity contribution < 1.29 is 8.42 Å². The lowest BCUT2D eigenvalue weighted by Crippen LogP contribution is -2.31. The van der Waals surface area contributed by atoms with Gasteiger partial charge in [-0.2, -0.15) is 4.31 Å². The normalized spacial score (nSPS) is 20.9. The van der Waals surface area contributed by atoms with Crippen molar-refractivity contribution in [3.05, 3.63) is 28.8 Å². The van der Waals surface area contributed by atoms with E-state index in [1.165, 1.54) is 0 Å². The number of benzene rings is 1. The van der Waals surface area contributed by atoms with Crippen LogP contribution in [0.1, 0.15) is 23.1 Å². The molecule has 1 aliphatic heterocycles. The minimum Gasteiger partial charge on any atom is -0.330 e. The molecule has 106 valence electrons. The Balaban J connectivity index is 2.41. The zero-order chi connectivity index (χ0) is 14.2. The van der Waals surface area contributed by atoms with Crippen molar-refractivity contribution in [1.29, 1.82) is 0 Å². The van der Waals surface area contributed by atoms with Gasteiger partial charge in [0.05, 0.1) is 4.90 Å². The largest absolute Gasteiger partial charge is 0.330 e. The lowest BCUT2D eigenvalue weighted by molar-refractivity contribution is 0.458. The van der Waals surface area contributed by atoms with Gasteiger partial charge in [-0.25, -0.2) is 8.42 Å². The van der Waals surface area contributed by atoms with Crippen LogP contribution in [0.5, 0.6) is 0 Å². The summed E-state index contributed by atoms with van der Waals surface area (Å²) in [5, 5.41) is 0. The van der Waals surface area contributed by atoms with Gasteiger partial charge in [0.2, 0.25) is 10.0 Å². The molecule has 2 N–H and O–H groups in total. The van der Waals surface area contributed by atoms with Crippen LogP contribution in [0.3, 0.4) is 0 Å². The first-order valence-electron chi connectivity index (χ1n) is 6.64. The van der Waals surface area contributed by atoms with Gasteiger partial charge in [0.15, 0.2) is 0 Å². The highest BCUT2D eigenvalue weighted by molar-refractivity contribution is 7.89.